The molecule has 8 nitrogen and oxygen atoms in total. The molecule has 1 fully saturated rings. The highest BCUT2D eigenvalue weighted by molar-refractivity contribution is 7.89. The lowest BCUT2D eigenvalue weighted by Crippen LogP contribution is -2.52. The van der Waals surface area contributed by atoms with Crippen LogP contribution in [0.2, 0.25) is 0 Å². The Morgan fingerprint density at radius 2 is 1.62 bits per heavy atom. The van der Waals surface area contributed by atoms with Crippen molar-refractivity contribution in [2.24, 2.45) is 17.6 Å². The van der Waals surface area contributed by atoms with E-state index in [1.54, 1.807) is 30.3 Å². The number of carbonyl (C=O) groups excluding carboxylic acids is 2. The third-order valence-electron chi connectivity index (χ3n) is 6.81. The van der Waals surface area contributed by atoms with E-state index in [4.69, 9.17) is 10.5 Å². The van der Waals surface area contributed by atoms with E-state index in [1.165, 1.54) is 0 Å². The van der Waals surface area contributed by atoms with Crippen LogP contribution in [0.4, 0.5) is 13.2 Å². The second-order valence-electron chi connectivity index (χ2n) is 10.5. The van der Waals surface area contributed by atoms with Crippen molar-refractivity contribution in [3.63, 3.8) is 0 Å². The second-order valence-corrected chi connectivity index (χ2v) is 12.1. The zero-order valence-corrected chi connectivity index (χ0v) is 23.4. The summed E-state index contributed by atoms with van der Waals surface area (Å²) >= 11 is 0. The summed E-state index contributed by atoms with van der Waals surface area (Å²) in [6, 6.07) is 9.49. The predicted octanol–water partition coefficient (Wildman–Crippen LogP) is 4.97. The van der Waals surface area contributed by atoms with Crippen LogP contribution in [0.5, 0.6) is 0 Å². The minimum Gasteiger partial charge on any atom is -0.462 e. The average Bonchev–Trinajstić information content (AvgIpc) is 2.92. The second kappa shape index (κ2) is 13.6. The number of ether oxygens (including phenoxy) is 1. The zero-order chi connectivity index (χ0) is 29.5. The first-order valence-corrected chi connectivity index (χ1v) is 14.8. The number of amides is 1. The van der Waals surface area contributed by atoms with Crippen LogP contribution in [-0.2, 0) is 30.5 Å². The first-order chi connectivity index (χ1) is 18.8. The minimum atomic E-state index is -4.64. The standard InChI is InChI=1S/C28H36F3N3O5S/c1-19(2)17-24(32)27(36)39-18-25(20-9-5-3-6-10-20)34(26(35)21-11-7-4-8-12-21)33-40(37,38)23-15-13-22(14-16-23)28(29,30)31/h3,5-6,9-10,13-16,19,21,24-25,33H,4,7-8,11-12,17-18,32H2,1-2H3/t24?,25-/m1/s1. The maximum atomic E-state index is 13.8. The lowest BCUT2D eigenvalue weighted by molar-refractivity contribution is -0.152. The fourth-order valence-electron chi connectivity index (χ4n) is 4.68. The molecule has 1 amide bonds. The van der Waals surface area contributed by atoms with E-state index in [0.717, 1.165) is 36.4 Å². The van der Waals surface area contributed by atoms with Crippen molar-refractivity contribution in [3.05, 3.63) is 65.7 Å². The van der Waals surface area contributed by atoms with Gasteiger partial charge in [0.05, 0.1) is 10.5 Å². The van der Waals surface area contributed by atoms with Gasteiger partial charge in [0.25, 0.3) is 10.0 Å². The summed E-state index contributed by atoms with van der Waals surface area (Å²) in [5.74, 6) is -1.54. The summed E-state index contributed by atoms with van der Waals surface area (Å²) in [4.78, 5) is 28.3. The summed E-state index contributed by atoms with van der Waals surface area (Å²) in [7, 11) is -4.51. The molecule has 0 saturated heterocycles. The molecule has 0 aromatic heterocycles. The van der Waals surface area contributed by atoms with E-state index in [1.807, 2.05) is 13.8 Å². The van der Waals surface area contributed by atoms with Gasteiger partial charge in [-0.2, -0.15) is 13.2 Å². The van der Waals surface area contributed by atoms with Crippen molar-refractivity contribution in [3.8, 4) is 0 Å². The summed E-state index contributed by atoms with van der Waals surface area (Å²) < 4.78 is 71.4. The Bertz CT molecular complexity index is 1230. The van der Waals surface area contributed by atoms with Crippen LogP contribution in [0.15, 0.2) is 59.5 Å². The van der Waals surface area contributed by atoms with Gasteiger partial charge >= 0.3 is 12.1 Å². The van der Waals surface area contributed by atoms with Gasteiger partial charge < -0.3 is 10.5 Å². The highest BCUT2D eigenvalue weighted by atomic mass is 32.2. The van der Waals surface area contributed by atoms with Gasteiger partial charge in [0, 0.05) is 5.92 Å². The number of carbonyl (C=O) groups is 2. The number of hydrazine groups is 1. The Kier molecular flexibility index (Phi) is 10.7. The molecule has 2 aromatic rings. The van der Waals surface area contributed by atoms with Gasteiger partial charge in [0.2, 0.25) is 5.91 Å². The molecule has 3 rings (SSSR count). The molecule has 2 atom stereocenters. The van der Waals surface area contributed by atoms with E-state index in [-0.39, 0.29) is 12.5 Å². The number of esters is 1. The Morgan fingerprint density at radius 3 is 2.17 bits per heavy atom. The number of benzene rings is 2. The average molecular weight is 584 g/mol. The highest BCUT2D eigenvalue weighted by Crippen LogP contribution is 2.32. The number of nitrogens with one attached hydrogen (secondary N) is 1. The van der Waals surface area contributed by atoms with Gasteiger partial charge in [-0.15, -0.1) is 4.83 Å². The number of rotatable bonds is 11. The first kappa shape index (κ1) is 31.6. The van der Waals surface area contributed by atoms with Crippen molar-refractivity contribution in [1.29, 1.82) is 0 Å². The predicted molar refractivity (Wildman–Crippen MR) is 143 cm³/mol. The van der Waals surface area contributed by atoms with E-state index >= 15 is 0 Å². The highest BCUT2D eigenvalue weighted by Gasteiger charge is 2.36. The zero-order valence-electron chi connectivity index (χ0n) is 22.6. The fraction of sp³-hybridized carbons (Fsp3) is 0.500. The van der Waals surface area contributed by atoms with Gasteiger partial charge in [-0.05, 0) is 55.0 Å². The normalized spacial score (nSPS) is 16.4. The Hall–Kier alpha value is -2.96. The monoisotopic (exact) mass is 583 g/mol. The molecule has 1 aliphatic carbocycles. The van der Waals surface area contributed by atoms with Crippen molar-refractivity contribution in [2.75, 3.05) is 6.61 Å². The molecule has 12 heteroatoms. The van der Waals surface area contributed by atoms with Crippen molar-refractivity contribution in [1.82, 2.24) is 9.84 Å². The number of alkyl halides is 3. The first-order valence-electron chi connectivity index (χ1n) is 13.3. The topological polar surface area (TPSA) is 119 Å². The molecule has 1 aliphatic rings. The van der Waals surface area contributed by atoms with Gasteiger partial charge in [0.1, 0.15) is 18.7 Å². The van der Waals surface area contributed by atoms with Gasteiger partial charge in [-0.1, -0.05) is 63.4 Å². The van der Waals surface area contributed by atoms with Crippen molar-refractivity contribution < 1.29 is 35.9 Å². The Balaban J connectivity index is 1.97. The van der Waals surface area contributed by atoms with Crippen molar-refractivity contribution >= 4 is 21.9 Å². The van der Waals surface area contributed by atoms with E-state index < -0.39 is 56.5 Å². The molecule has 2 aromatic carbocycles. The maximum absolute atomic E-state index is 13.8. The lowest BCUT2D eigenvalue weighted by Gasteiger charge is -2.35. The maximum Gasteiger partial charge on any atom is 0.416 e. The molecule has 3 N–H and O–H groups in total. The number of halogens is 3. The summed E-state index contributed by atoms with van der Waals surface area (Å²) in [5.41, 5.74) is 5.46. The quantitative estimate of drug-likeness (QED) is 0.285. The summed E-state index contributed by atoms with van der Waals surface area (Å²) in [5, 5.41) is 0.944. The third-order valence-corrected chi connectivity index (χ3v) is 8.14. The van der Waals surface area contributed by atoms with Crippen LogP contribution in [0.25, 0.3) is 0 Å². The SMILES string of the molecule is CC(C)CC(N)C(=O)OC[C@H](c1ccccc1)N(NS(=O)(=O)c1ccc(C(F)(F)F)cc1)C(=O)C1CCCCC1. The van der Waals surface area contributed by atoms with Gasteiger partial charge in [-0.25, -0.2) is 8.42 Å². The molecule has 0 aliphatic heterocycles. The largest absolute Gasteiger partial charge is 0.462 e. The Morgan fingerprint density at radius 1 is 1.02 bits per heavy atom. The molecule has 0 heterocycles. The molecule has 0 radical (unpaired) electrons. The summed E-state index contributed by atoms with van der Waals surface area (Å²) in [6.45, 7) is 3.42. The van der Waals surface area contributed by atoms with Crippen LogP contribution in [0.3, 0.4) is 0 Å². The third kappa shape index (κ3) is 8.52. The van der Waals surface area contributed by atoms with E-state index in [0.29, 0.717) is 37.0 Å². The molecular weight excluding hydrogens is 547 g/mol. The number of nitrogens with zero attached hydrogens (tertiary/aromatic N) is 1. The molecule has 40 heavy (non-hydrogen) atoms. The van der Waals surface area contributed by atoms with E-state index in [2.05, 4.69) is 4.83 Å². The molecule has 1 saturated carbocycles. The minimum absolute atomic E-state index is 0.132. The number of nitrogens with two attached hydrogens (primary N) is 1. The molecule has 0 spiro atoms. The van der Waals surface area contributed by atoms with Crippen LogP contribution in [-0.4, -0.2) is 38.0 Å². The van der Waals surface area contributed by atoms with Crippen molar-refractivity contribution in [2.45, 2.75) is 75.5 Å². The lowest BCUT2D eigenvalue weighted by atomic mass is 9.88. The van der Waals surface area contributed by atoms with Crippen LogP contribution >= 0.6 is 0 Å². The molecule has 1 unspecified atom stereocenters. The van der Waals surface area contributed by atoms with Crippen LogP contribution < -0.4 is 10.6 Å². The summed E-state index contributed by atoms with van der Waals surface area (Å²) in [6.07, 6.45) is -0.613. The van der Waals surface area contributed by atoms with Crippen LogP contribution in [0.1, 0.15) is 69.5 Å². The number of hydrogen-bond donors (Lipinski definition) is 2. The Labute approximate surface area is 233 Å². The van der Waals surface area contributed by atoms with Gasteiger partial charge in [-0.3, -0.25) is 14.6 Å². The molecule has 0 bridgehead atoms. The number of sulfonamides is 1. The molecular formula is C28H36F3N3O5S. The number of hydrogen-bond acceptors (Lipinski definition) is 6. The van der Waals surface area contributed by atoms with Crippen LogP contribution in [0, 0.1) is 11.8 Å². The smallest absolute Gasteiger partial charge is 0.416 e. The van der Waals surface area contributed by atoms with Gasteiger partial charge in [0.15, 0.2) is 0 Å². The van der Waals surface area contributed by atoms with E-state index in [9.17, 15) is 31.2 Å². The fourth-order valence-corrected chi connectivity index (χ4v) is 5.76. The molecule has 220 valence electrons.